The van der Waals surface area contributed by atoms with Crippen LogP contribution in [0.3, 0.4) is 0 Å². The number of morpholine rings is 1. The second-order valence-electron chi connectivity index (χ2n) is 6.48. The van der Waals surface area contributed by atoms with E-state index in [4.69, 9.17) is 14.2 Å². The minimum absolute atomic E-state index is 0.0323. The lowest BCUT2D eigenvalue weighted by atomic mass is 10.0. The number of rotatable bonds is 5. The van der Waals surface area contributed by atoms with Crippen molar-refractivity contribution in [3.05, 3.63) is 54.1 Å². The van der Waals surface area contributed by atoms with Gasteiger partial charge in [-0.25, -0.2) is 4.79 Å². The van der Waals surface area contributed by atoms with E-state index in [0.29, 0.717) is 19.8 Å². The van der Waals surface area contributed by atoms with Gasteiger partial charge in [0.05, 0.1) is 19.3 Å². The molecule has 142 valence electrons. The molecule has 2 aromatic carbocycles. The molecule has 0 aliphatic carbocycles. The van der Waals surface area contributed by atoms with Gasteiger partial charge < -0.3 is 24.8 Å². The van der Waals surface area contributed by atoms with Gasteiger partial charge >= 0.3 is 6.03 Å². The fourth-order valence-electron chi connectivity index (χ4n) is 3.35. The van der Waals surface area contributed by atoms with Crippen LogP contribution in [0.1, 0.15) is 11.6 Å². The Morgan fingerprint density at radius 1 is 1.04 bits per heavy atom. The maximum Gasteiger partial charge on any atom is 0.319 e. The molecule has 0 spiro atoms. The molecule has 1 unspecified atom stereocenters. The van der Waals surface area contributed by atoms with Crippen molar-refractivity contribution in [3.63, 3.8) is 0 Å². The van der Waals surface area contributed by atoms with E-state index in [1.54, 1.807) is 0 Å². The van der Waals surface area contributed by atoms with Gasteiger partial charge in [0.2, 0.25) is 6.79 Å². The molecule has 2 aliphatic rings. The number of para-hydroxylation sites is 1. The van der Waals surface area contributed by atoms with Crippen LogP contribution in [0.15, 0.2) is 48.5 Å². The molecule has 2 aliphatic heterocycles. The van der Waals surface area contributed by atoms with E-state index in [9.17, 15) is 4.79 Å². The molecular weight excluding hydrogens is 346 g/mol. The number of urea groups is 1. The van der Waals surface area contributed by atoms with Gasteiger partial charge in [-0.15, -0.1) is 0 Å². The zero-order chi connectivity index (χ0) is 18.5. The second kappa shape index (κ2) is 8.28. The Kier molecular flexibility index (Phi) is 5.41. The summed E-state index contributed by atoms with van der Waals surface area (Å²) in [7, 11) is 0. The number of nitrogens with one attached hydrogen (secondary N) is 2. The second-order valence-corrected chi connectivity index (χ2v) is 6.48. The lowest BCUT2D eigenvalue weighted by Gasteiger charge is -2.35. The minimum Gasteiger partial charge on any atom is -0.454 e. The summed E-state index contributed by atoms with van der Waals surface area (Å²) in [6, 6.07) is 15.2. The molecule has 1 saturated heterocycles. The van der Waals surface area contributed by atoms with Crippen molar-refractivity contribution in [2.45, 2.75) is 6.04 Å². The van der Waals surface area contributed by atoms with Gasteiger partial charge in [0.15, 0.2) is 11.5 Å². The molecule has 0 bridgehead atoms. The lowest BCUT2D eigenvalue weighted by Crippen LogP contribution is -2.44. The van der Waals surface area contributed by atoms with Crippen LogP contribution >= 0.6 is 0 Å². The average molecular weight is 369 g/mol. The number of carbonyl (C=O) groups is 1. The highest BCUT2D eigenvalue weighted by Gasteiger charge is 2.25. The van der Waals surface area contributed by atoms with Crippen LogP contribution in [0.5, 0.6) is 11.5 Å². The van der Waals surface area contributed by atoms with Crippen LogP contribution in [0.25, 0.3) is 0 Å². The van der Waals surface area contributed by atoms with Gasteiger partial charge in [-0.05, 0) is 29.8 Å². The molecule has 4 rings (SSSR count). The van der Waals surface area contributed by atoms with E-state index in [0.717, 1.165) is 35.8 Å². The molecule has 7 heteroatoms. The summed E-state index contributed by atoms with van der Waals surface area (Å²) in [4.78, 5) is 14.6. The Bertz CT molecular complexity index is 778. The summed E-state index contributed by atoms with van der Waals surface area (Å²) in [6.45, 7) is 3.76. The number of ether oxygens (including phenoxy) is 3. The van der Waals surface area contributed by atoms with E-state index in [-0.39, 0.29) is 18.9 Å². The number of fused-ring (bicyclic) bond motifs is 1. The Morgan fingerprint density at radius 2 is 1.81 bits per heavy atom. The number of amides is 2. The van der Waals surface area contributed by atoms with Crippen molar-refractivity contribution in [1.29, 1.82) is 0 Å². The molecule has 2 amide bonds. The molecule has 7 nitrogen and oxygen atoms in total. The third-order valence-corrected chi connectivity index (χ3v) is 4.76. The van der Waals surface area contributed by atoms with Crippen LogP contribution in [0, 0.1) is 0 Å². The average Bonchev–Trinajstić information content (AvgIpc) is 3.18. The zero-order valence-electron chi connectivity index (χ0n) is 15.0. The third-order valence-electron chi connectivity index (χ3n) is 4.76. The summed E-state index contributed by atoms with van der Waals surface area (Å²) in [5.41, 5.74) is 1.85. The van der Waals surface area contributed by atoms with Gasteiger partial charge in [-0.3, -0.25) is 4.90 Å². The molecule has 2 aromatic rings. The molecule has 1 atom stereocenters. The Hall–Kier alpha value is -2.77. The van der Waals surface area contributed by atoms with E-state index in [2.05, 4.69) is 15.5 Å². The van der Waals surface area contributed by atoms with E-state index in [1.807, 2.05) is 48.5 Å². The first kappa shape index (κ1) is 17.6. The van der Waals surface area contributed by atoms with E-state index >= 15 is 0 Å². The first-order valence-corrected chi connectivity index (χ1v) is 9.11. The number of anilines is 1. The minimum atomic E-state index is -0.222. The maximum absolute atomic E-state index is 12.3. The molecule has 0 radical (unpaired) electrons. The Morgan fingerprint density at radius 3 is 2.63 bits per heavy atom. The number of hydrogen-bond acceptors (Lipinski definition) is 5. The quantitative estimate of drug-likeness (QED) is 0.848. The summed E-state index contributed by atoms with van der Waals surface area (Å²) < 4.78 is 16.4. The normalized spacial score (nSPS) is 17.3. The molecule has 2 N–H and O–H groups in total. The van der Waals surface area contributed by atoms with Gasteiger partial charge in [0.1, 0.15) is 0 Å². The van der Waals surface area contributed by atoms with Crippen LogP contribution in [0.4, 0.5) is 10.5 Å². The SMILES string of the molecule is O=C(NCC(c1ccc2c(c1)OCO2)N1CCOCC1)Nc1ccccc1. The van der Waals surface area contributed by atoms with Crippen molar-refractivity contribution < 1.29 is 19.0 Å². The number of carbonyl (C=O) groups excluding carboxylic acids is 1. The standard InChI is InChI=1S/C20H23N3O4/c24-20(22-16-4-2-1-3-5-16)21-13-17(23-8-10-25-11-9-23)15-6-7-18-19(12-15)27-14-26-18/h1-7,12,17H,8-11,13-14H2,(H2,21,22,24). The van der Waals surface area contributed by atoms with Crippen molar-refractivity contribution in [2.75, 3.05) is 45.0 Å². The maximum atomic E-state index is 12.3. The van der Waals surface area contributed by atoms with Gasteiger partial charge in [-0.2, -0.15) is 0 Å². The first-order chi connectivity index (χ1) is 13.3. The number of nitrogens with zero attached hydrogens (tertiary/aromatic N) is 1. The lowest BCUT2D eigenvalue weighted by molar-refractivity contribution is 0.0167. The molecule has 1 fully saturated rings. The third kappa shape index (κ3) is 4.32. The predicted octanol–water partition coefficient (Wildman–Crippen LogP) is 2.61. The van der Waals surface area contributed by atoms with Crippen molar-refractivity contribution in [2.24, 2.45) is 0 Å². The summed E-state index contributed by atoms with van der Waals surface area (Å²) in [6.07, 6.45) is 0. The summed E-state index contributed by atoms with van der Waals surface area (Å²) in [5, 5.41) is 5.85. The van der Waals surface area contributed by atoms with Crippen molar-refractivity contribution in [3.8, 4) is 11.5 Å². The van der Waals surface area contributed by atoms with Gasteiger partial charge in [-0.1, -0.05) is 24.3 Å². The Labute approximate surface area is 158 Å². The highest BCUT2D eigenvalue weighted by atomic mass is 16.7. The summed E-state index contributed by atoms with van der Waals surface area (Å²) >= 11 is 0. The summed E-state index contributed by atoms with van der Waals surface area (Å²) in [5.74, 6) is 1.51. The highest BCUT2D eigenvalue weighted by molar-refractivity contribution is 5.89. The van der Waals surface area contributed by atoms with Gasteiger partial charge in [0.25, 0.3) is 0 Å². The van der Waals surface area contributed by atoms with Crippen molar-refractivity contribution >= 4 is 11.7 Å². The smallest absolute Gasteiger partial charge is 0.319 e. The molecule has 27 heavy (non-hydrogen) atoms. The highest BCUT2D eigenvalue weighted by Crippen LogP contribution is 2.35. The van der Waals surface area contributed by atoms with Crippen LogP contribution in [-0.2, 0) is 4.74 Å². The van der Waals surface area contributed by atoms with E-state index < -0.39 is 0 Å². The number of benzene rings is 2. The predicted molar refractivity (Wildman–Crippen MR) is 101 cm³/mol. The fourth-order valence-corrected chi connectivity index (χ4v) is 3.35. The monoisotopic (exact) mass is 369 g/mol. The first-order valence-electron chi connectivity index (χ1n) is 9.11. The van der Waals surface area contributed by atoms with Crippen LogP contribution in [-0.4, -0.2) is 50.6 Å². The van der Waals surface area contributed by atoms with Crippen molar-refractivity contribution in [1.82, 2.24) is 10.2 Å². The molecule has 0 saturated carbocycles. The fraction of sp³-hybridized carbons (Fsp3) is 0.350. The molecule has 2 heterocycles. The van der Waals surface area contributed by atoms with Gasteiger partial charge in [0, 0.05) is 25.3 Å². The topological polar surface area (TPSA) is 72.1 Å². The Balaban J connectivity index is 1.45. The van der Waals surface area contributed by atoms with Crippen LogP contribution < -0.4 is 20.1 Å². The zero-order valence-corrected chi connectivity index (χ0v) is 15.0. The number of hydrogen-bond donors (Lipinski definition) is 2. The molecular formula is C20H23N3O4. The van der Waals surface area contributed by atoms with E-state index in [1.165, 1.54) is 0 Å². The molecule has 0 aromatic heterocycles. The van der Waals surface area contributed by atoms with Crippen LogP contribution in [0.2, 0.25) is 0 Å². The largest absolute Gasteiger partial charge is 0.454 e.